The zero-order chi connectivity index (χ0) is 19.9. The van der Waals surface area contributed by atoms with Crippen LogP contribution in [0.1, 0.15) is 20.9 Å². The fourth-order valence-corrected chi connectivity index (χ4v) is 3.69. The van der Waals surface area contributed by atoms with E-state index in [0.29, 0.717) is 16.4 Å². The van der Waals surface area contributed by atoms with E-state index in [-0.39, 0.29) is 5.56 Å². The molecule has 3 aromatic rings. The number of para-hydroxylation sites is 1. The minimum Gasteiger partial charge on any atom is -0.495 e. The van der Waals surface area contributed by atoms with Gasteiger partial charge in [0.05, 0.1) is 31.0 Å². The number of hydrogen-bond donors (Lipinski definition) is 2. The lowest BCUT2D eigenvalue weighted by molar-refractivity contribution is 0.0696. The average molecular weight is 412 g/mol. The van der Waals surface area contributed by atoms with E-state index in [1.807, 2.05) is 29.6 Å². The monoisotopic (exact) mass is 412 g/mol. The molecule has 0 unspecified atom stereocenters. The second kappa shape index (κ2) is 9.17. The van der Waals surface area contributed by atoms with Crippen molar-refractivity contribution in [3.63, 3.8) is 0 Å². The molecule has 0 fully saturated rings. The molecular weight excluding hydrogens is 396 g/mol. The van der Waals surface area contributed by atoms with E-state index in [4.69, 9.17) is 14.6 Å². The van der Waals surface area contributed by atoms with Crippen LogP contribution in [0.25, 0.3) is 0 Å². The largest absolute Gasteiger partial charge is 0.495 e. The third-order valence-electron chi connectivity index (χ3n) is 3.61. The molecule has 2 aromatic carbocycles. The summed E-state index contributed by atoms with van der Waals surface area (Å²) in [5.74, 6) is 6.27. The van der Waals surface area contributed by atoms with Gasteiger partial charge in [-0.1, -0.05) is 18.1 Å². The highest BCUT2D eigenvalue weighted by Gasteiger charge is 2.10. The fourth-order valence-electron chi connectivity index (χ4n) is 2.25. The lowest BCUT2D eigenvalue weighted by Gasteiger charge is -2.10. The van der Waals surface area contributed by atoms with Gasteiger partial charge in [-0.25, -0.2) is 9.78 Å². The van der Waals surface area contributed by atoms with Crippen LogP contribution < -0.4 is 14.2 Å². The molecule has 8 heteroatoms. The molecule has 0 atom stereocenters. The van der Waals surface area contributed by atoms with Crippen molar-refractivity contribution in [1.29, 1.82) is 0 Å². The number of carbonyl (C=O) groups is 1. The number of carboxylic acids is 1. The van der Waals surface area contributed by atoms with Crippen molar-refractivity contribution < 1.29 is 19.4 Å². The maximum atomic E-state index is 11.1. The number of nitrogens with zero attached hydrogens (tertiary/aromatic N) is 1. The molecule has 3 rings (SSSR count). The standard InChI is InChI=1S/C20H16N2O4S2/c1-25-16-6-4-3-5-13(16)8-10-18-21-19(12-27-18)28-22-15-9-7-14(20(23)24)11-17(15)26-2/h3-7,9,11-12,22H,1-2H3,(H,23,24). The number of benzene rings is 2. The Hall–Kier alpha value is -3.15. The van der Waals surface area contributed by atoms with Gasteiger partial charge in [0.25, 0.3) is 0 Å². The third kappa shape index (κ3) is 4.76. The van der Waals surface area contributed by atoms with Crippen LogP contribution in [-0.2, 0) is 0 Å². The maximum absolute atomic E-state index is 11.1. The summed E-state index contributed by atoms with van der Waals surface area (Å²) in [5, 5.41) is 12.4. The van der Waals surface area contributed by atoms with E-state index in [2.05, 4.69) is 21.5 Å². The van der Waals surface area contributed by atoms with E-state index in [1.165, 1.54) is 42.5 Å². The molecule has 0 saturated heterocycles. The van der Waals surface area contributed by atoms with Crippen molar-refractivity contribution in [2.75, 3.05) is 18.9 Å². The quantitative estimate of drug-likeness (QED) is 0.459. The van der Waals surface area contributed by atoms with Crippen molar-refractivity contribution in [3.8, 4) is 23.3 Å². The Bertz CT molecular complexity index is 1050. The van der Waals surface area contributed by atoms with Gasteiger partial charge in [-0.3, -0.25) is 0 Å². The Labute approximate surface area is 170 Å². The molecule has 1 heterocycles. The maximum Gasteiger partial charge on any atom is 0.335 e. The number of hydrogen-bond acceptors (Lipinski definition) is 7. The number of aromatic nitrogens is 1. The van der Waals surface area contributed by atoms with Gasteiger partial charge in [0.1, 0.15) is 16.5 Å². The minimum absolute atomic E-state index is 0.162. The Kier molecular flexibility index (Phi) is 6.42. The number of methoxy groups -OCH3 is 2. The van der Waals surface area contributed by atoms with E-state index < -0.39 is 5.97 Å². The SMILES string of the molecule is COc1ccccc1C#Cc1nc(SNc2ccc(C(=O)O)cc2OC)cs1. The summed E-state index contributed by atoms with van der Waals surface area (Å²) >= 11 is 2.74. The molecule has 0 spiro atoms. The first kappa shape index (κ1) is 19.6. The number of ether oxygens (including phenoxy) is 2. The van der Waals surface area contributed by atoms with Crippen LogP contribution in [0.15, 0.2) is 52.9 Å². The summed E-state index contributed by atoms with van der Waals surface area (Å²) < 4.78 is 13.7. The predicted molar refractivity (Wildman–Crippen MR) is 111 cm³/mol. The molecule has 1 aromatic heterocycles. The number of nitrogens with one attached hydrogen (secondary N) is 1. The van der Waals surface area contributed by atoms with Crippen LogP contribution in [0.2, 0.25) is 0 Å². The topological polar surface area (TPSA) is 80.7 Å². The zero-order valence-electron chi connectivity index (χ0n) is 15.1. The molecule has 0 radical (unpaired) electrons. The highest BCUT2D eigenvalue weighted by molar-refractivity contribution is 8.00. The predicted octanol–water partition coefficient (Wildman–Crippen LogP) is 4.38. The van der Waals surface area contributed by atoms with Crippen molar-refractivity contribution in [2.24, 2.45) is 0 Å². The number of anilines is 1. The second-order valence-corrected chi connectivity index (χ2v) is 7.05. The summed E-state index contributed by atoms with van der Waals surface area (Å²) in [5.41, 5.74) is 1.62. The van der Waals surface area contributed by atoms with Crippen LogP contribution in [0.4, 0.5) is 5.69 Å². The first-order valence-corrected chi connectivity index (χ1v) is 9.75. The molecule has 0 bridgehead atoms. The third-order valence-corrected chi connectivity index (χ3v) is 5.26. The Balaban J connectivity index is 1.69. The van der Waals surface area contributed by atoms with Crippen LogP contribution in [0, 0.1) is 11.8 Å². The molecule has 28 heavy (non-hydrogen) atoms. The van der Waals surface area contributed by atoms with E-state index in [1.54, 1.807) is 13.2 Å². The smallest absolute Gasteiger partial charge is 0.335 e. The molecular formula is C20H16N2O4S2. The lowest BCUT2D eigenvalue weighted by atomic mass is 10.2. The Morgan fingerprint density at radius 2 is 1.93 bits per heavy atom. The van der Waals surface area contributed by atoms with Crippen molar-refractivity contribution in [3.05, 3.63) is 64.0 Å². The number of carboxylic acid groups (broad SMARTS) is 1. The highest BCUT2D eigenvalue weighted by Crippen LogP contribution is 2.30. The molecule has 0 aliphatic carbocycles. The molecule has 6 nitrogen and oxygen atoms in total. The van der Waals surface area contributed by atoms with Gasteiger partial charge in [0.2, 0.25) is 0 Å². The zero-order valence-corrected chi connectivity index (χ0v) is 16.7. The van der Waals surface area contributed by atoms with Crippen molar-refractivity contribution >= 4 is 34.9 Å². The summed E-state index contributed by atoms with van der Waals surface area (Å²) in [4.78, 5) is 15.5. The Morgan fingerprint density at radius 1 is 1.14 bits per heavy atom. The normalized spacial score (nSPS) is 9.93. The molecule has 0 aliphatic heterocycles. The van der Waals surface area contributed by atoms with E-state index in [9.17, 15) is 4.79 Å². The molecule has 0 amide bonds. The van der Waals surface area contributed by atoms with Crippen LogP contribution >= 0.6 is 23.3 Å². The number of thiazole rings is 1. The lowest BCUT2D eigenvalue weighted by Crippen LogP contribution is -1.99. The van der Waals surface area contributed by atoms with Crippen molar-refractivity contribution in [1.82, 2.24) is 4.98 Å². The van der Waals surface area contributed by atoms with Gasteiger partial charge in [0.15, 0.2) is 5.01 Å². The number of aromatic carboxylic acids is 1. The van der Waals surface area contributed by atoms with Gasteiger partial charge in [0, 0.05) is 17.3 Å². The van der Waals surface area contributed by atoms with E-state index >= 15 is 0 Å². The van der Waals surface area contributed by atoms with Gasteiger partial charge >= 0.3 is 5.97 Å². The number of rotatable bonds is 6. The molecule has 0 aliphatic rings. The van der Waals surface area contributed by atoms with E-state index in [0.717, 1.165) is 16.3 Å². The van der Waals surface area contributed by atoms with Crippen LogP contribution in [-0.4, -0.2) is 30.3 Å². The second-order valence-electron chi connectivity index (χ2n) is 5.37. The summed E-state index contributed by atoms with van der Waals surface area (Å²) in [6.45, 7) is 0. The summed E-state index contributed by atoms with van der Waals surface area (Å²) in [6.07, 6.45) is 0. The van der Waals surface area contributed by atoms with Crippen LogP contribution in [0.5, 0.6) is 11.5 Å². The minimum atomic E-state index is -1.00. The van der Waals surface area contributed by atoms with Gasteiger partial charge in [-0.2, -0.15) is 0 Å². The average Bonchev–Trinajstić information content (AvgIpc) is 3.18. The molecule has 142 valence electrons. The van der Waals surface area contributed by atoms with Crippen LogP contribution in [0.3, 0.4) is 0 Å². The summed E-state index contributed by atoms with van der Waals surface area (Å²) in [7, 11) is 3.10. The molecule has 0 saturated carbocycles. The van der Waals surface area contributed by atoms with Crippen molar-refractivity contribution in [2.45, 2.75) is 5.03 Å². The van der Waals surface area contributed by atoms with Gasteiger partial charge in [-0.05, 0) is 36.3 Å². The first-order valence-electron chi connectivity index (χ1n) is 8.05. The first-order chi connectivity index (χ1) is 13.6. The summed E-state index contributed by atoms with van der Waals surface area (Å²) in [6, 6.07) is 12.2. The van der Waals surface area contributed by atoms with Gasteiger partial charge < -0.3 is 19.3 Å². The highest BCUT2D eigenvalue weighted by atomic mass is 32.2. The fraction of sp³-hybridized carbons (Fsp3) is 0.100. The molecule has 2 N–H and O–H groups in total. The Morgan fingerprint density at radius 3 is 2.68 bits per heavy atom. The van der Waals surface area contributed by atoms with Gasteiger partial charge in [-0.15, -0.1) is 11.3 Å².